The van der Waals surface area contributed by atoms with E-state index in [1.807, 2.05) is 0 Å². The molecule has 0 heterocycles. The second kappa shape index (κ2) is 6.80. The maximum absolute atomic E-state index is 11.4. The number of amides is 1. The summed E-state index contributed by atoms with van der Waals surface area (Å²) in [5, 5.41) is 2.69. The molecule has 0 aromatic rings. The van der Waals surface area contributed by atoms with Gasteiger partial charge in [0.2, 0.25) is 5.91 Å². The molecule has 6 heteroatoms. The van der Waals surface area contributed by atoms with Crippen molar-refractivity contribution < 1.29 is 19.0 Å². The van der Waals surface area contributed by atoms with Gasteiger partial charge in [0, 0.05) is 33.3 Å². The van der Waals surface area contributed by atoms with Gasteiger partial charge in [-0.3, -0.25) is 4.79 Å². The Bertz CT molecular complexity index is 253. The minimum atomic E-state index is -0.650. The number of methoxy groups -OCH3 is 3. The maximum Gasteiger partial charge on any atom is 0.248 e. The van der Waals surface area contributed by atoms with Crippen LogP contribution in [0, 0.1) is 0 Å². The number of carbonyl (C=O) groups excluding carboxylic acids is 1. The maximum atomic E-state index is 11.4. The molecule has 0 aliphatic rings. The van der Waals surface area contributed by atoms with E-state index in [9.17, 15) is 4.79 Å². The third-order valence-corrected chi connectivity index (χ3v) is 3.61. The molecule has 0 spiro atoms. The molecule has 0 saturated carbocycles. The highest BCUT2D eigenvalue weighted by Crippen LogP contribution is 2.14. The fourth-order valence-corrected chi connectivity index (χ4v) is 1.42. The third-order valence-electron chi connectivity index (χ3n) is 2.38. The lowest BCUT2D eigenvalue weighted by Crippen LogP contribution is -2.46. The van der Waals surface area contributed by atoms with Gasteiger partial charge >= 0.3 is 0 Å². The summed E-state index contributed by atoms with van der Waals surface area (Å²) in [5.74, 6) is -0.233. The zero-order chi connectivity index (χ0) is 12.8. The topological polar surface area (TPSA) is 56.8 Å². The fraction of sp³-hybridized carbons (Fsp3) is 0.700. The van der Waals surface area contributed by atoms with Crippen molar-refractivity contribution in [3.05, 3.63) is 12.2 Å². The van der Waals surface area contributed by atoms with Gasteiger partial charge in [-0.05, 0) is 6.92 Å². The van der Waals surface area contributed by atoms with Crippen molar-refractivity contribution in [2.75, 3.05) is 21.3 Å². The number of nitrogens with one attached hydrogen (secondary N) is 1. The van der Waals surface area contributed by atoms with Gasteiger partial charge < -0.3 is 19.5 Å². The highest BCUT2D eigenvalue weighted by Gasteiger charge is 2.28. The van der Waals surface area contributed by atoms with E-state index in [1.54, 1.807) is 21.1 Å². The molecule has 0 aromatic carbocycles. The smallest absolute Gasteiger partial charge is 0.248 e. The number of hydrogen-bond donors (Lipinski definition) is 1. The van der Waals surface area contributed by atoms with Crippen LogP contribution in [0.2, 0.25) is 0 Å². The molecule has 1 amide bonds. The Kier molecular flexibility index (Phi) is 6.50. The summed E-state index contributed by atoms with van der Waals surface area (Å²) in [4.78, 5) is 11.4. The fourth-order valence-electron chi connectivity index (χ4n) is 1.05. The summed E-state index contributed by atoms with van der Waals surface area (Å²) in [6, 6.07) is 0. The van der Waals surface area contributed by atoms with Crippen molar-refractivity contribution in [3.8, 4) is 0 Å². The zero-order valence-electron chi connectivity index (χ0n) is 10.6. The first-order valence-corrected chi connectivity index (χ1v) is 5.98. The number of carbonyl (C=O) groups is 1. The van der Waals surface area contributed by atoms with Crippen LogP contribution in [-0.2, 0) is 19.0 Å². The Balaban J connectivity index is 4.40. The Morgan fingerprint density at radius 3 is 2.25 bits per heavy atom. The van der Waals surface area contributed by atoms with E-state index >= 15 is 0 Å². The molecule has 0 bridgehead atoms. The summed E-state index contributed by atoms with van der Waals surface area (Å²) in [6.45, 7) is 5.20. The lowest BCUT2D eigenvalue weighted by Gasteiger charge is -2.30. The van der Waals surface area contributed by atoms with Crippen molar-refractivity contribution >= 4 is 16.1 Å². The van der Waals surface area contributed by atoms with Crippen molar-refractivity contribution in [3.63, 3.8) is 0 Å². The van der Waals surface area contributed by atoms with E-state index in [1.165, 1.54) is 7.11 Å². The number of ether oxygens (including phenoxy) is 3. The van der Waals surface area contributed by atoms with Crippen LogP contribution in [0.3, 0.4) is 0 Å². The van der Waals surface area contributed by atoms with Gasteiger partial charge in [0.15, 0.2) is 0 Å². The summed E-state index contributed by atoms with van der Waals surface area (Å²) in [7, 11) is 5.34. The Hall–Kier alpha value is -0.693. The first kappa shape index (κ1) is 15.3. The van der Waals surface area contributed by atoms with Crippen molar-refractivity contribution in [1.29, 1.82) is 0 Å². The number of hydrogen-bond acceptors (Lipinski definition) is 4. The zero-order valence-corrected chi connectivity index (χ0v) is 12.6. The van der Waals surface area contributed by atoms with Crippen LogP contribution in [0.1, 0.15) is 13.3 Å². The number of rotatable bonds is 7. The molecule has 94 valence electrons. The third kappa shape index (κ3) is 4.89. The van der Waals surface area contributed by atoms with E-state index in [0.717, 1.165) is 0 Å². The van der Waals surface area contributed by atoms with Gasteiger partial charge in [-0.25, -0.2) is 0 Å². The minimum Gasteiger partial charge on any atom is -0.362 e. The van der Waals surface area contributed by atoms with Gasteiger partial charge in [0.25, 0.3) is 0 Å². The molecule has 0 fully saturated rings. The van der Waals surface area contributed by atoms with Gasteiger partial charge in [-0.1, -0.05) is 6.58 Å². The molecule has 0 rings (SSSR count). The molecular weight excluding hydrogens is 226 g/mol. The van der Waals surface area contributed by atoms with Crippen LogP contribution in [0.25, 0.3) is 0 Å². The van der Waals surface area contributed by atoms with Crippen LogP contribution in [0.5, 0.6) is 0 Å². The molecule has 0 saturated heterocycles. The molecular formula is C10H21NO4Si. The van der Waals surface area contributed by atoms with Crippen LogP contribution < -0.4 is 5.32 Å². The molecule has 1 unspecified atom stereocenters. The van der Waals surface area contributed by atoms with E-state index in [0.29, 0.717) is 22.2 Å². The molecule has 0 aliphatic heterocycles. The molecule has 0 radical (unpaired) electrons. The average molecular weight is 247 g/mol. The van der Waals surface area contributed by atoms with E-state index in [2.05, 4.69) is 11.9 Å². The lowest BCUT2D eigenvalue weighted by molar-refractivity contribution is -0.167. The van der Waals surface area contributed by atoms with Crippen LogP contribution in [0.15, 0.2) is 12.2 Å². The molecule has 0 aliphatic carbocycles. The van der Waals surface area contributed by atoms with Gasteiger partial charge in [0.1, 0.15) is 11.6 Å². The van der Waals surface area contributed by atoms with Crippen LogP contribution in [-0.4, -0.2) is 49.1 Å². The Morgan fingerprint density at radius 1 is 1.44 bits per heavy atom. The molecule has 1 N–H and O–H groups in total. The van der Waals surface area contributed by atoms with Crippen molar-refractivity contribution in [2.45, 2.75) is 25.0 Å². The van der Waals surface area contributed by atoms with Gasteiger partial charge in [0.05, 0.1) is 10.2 Å². The Labute approximate surface area is 99.6 Å². The quantitative estimate of drug-likeness (QED) is 0.369. The lowest BCUT2D eigenvalue weighted by atomic mass is 10.3. The van der Waals surface area contributed by atoms with Crippen molar-refractivity contribution in [1.82, 2.24) is 5.32 Å². The second-order valence-corrected chi connectivity index (χ2v) is 5.25. The summed E-state index contributed by atoms with van der Waals surface area (Å²) in [6.07, 6.45) is 0.00321. The summed E-state index contributed by atoms with van der Waals surface area (Å²) >= 11 is 0. The largest absolute Gasteiger partial charge is 0.362 e. The van der Waals surface area contributed by atoms with E-state index < -0.39 is 11.6 Å². The Morgan fingerprint density at radius 2 is 1.94 bits per heavy atom. The first-order chi connectivity index (χ1) is 7.38. The predicted molar refractivity (Wildman–Crippen MR) is 65.1 cm³/mol. The monoisotopic (exact) mass is 247 g/mol. The SMILES string of the molecule is C=C(C)C(=O)NC(CC([SiH3])(OC)OC)OC. The van der Waals surface area contributed by atoms with Gasteiger partial charge in [-0.15, -0.1) is 0 Å². The molecule has 0 aromatic heterocycles. The first-order valence-electron chi connectivity index (χ1n) is 4.98. The van der Waals surface area contributed by atoms with E-state index in [-0.39, 0.29) is 5.91 Å². The highest BCUT2D eigenvalue weighted by atomic mass is 28.1. The molecule has 5 nitrogen and oxygen atoms in total. The molecule has 1 atom stereocenters. The predicted octanol–water partition coefficient (Wildman–Crippen LogP) is -0.647. The average Bonchev–Trinajstić information content (AvgIpc) is 2.27. The standard InChI is InChI=1S/C10H21NO4Si/c1-7(2)9(12)11-8(13-3)6-10(16,14-4)15-5/h8H,1,6H2,2-5,16H3,(H,11,12). The second-order valence-electron chi connectivity index (χ2n) is 3.72. The minimum absolute atomic E-state index is 0.233. The van der Waals surface area contributed by atoms with Crippen molar-refractivity contribution in [2.24, 2.45) is 0 Å². The van der Waals surface area contributed by atoms with E-state index in [4.69, 9.17) is 14.2 Å². The van der Waals surface area contributed by atoms with Crippen LogP contribution in [0.4, 0.5) is 0 Å². The normalized spacial score (nSPS) is 13.5. The summed E-state index contributed by atoms with van der Waals surface area (Å²) < 4.78 is 15.7. The van der Waals surface area contributed by atoms with Gasteiger partial charge in [-0.2, -0.15) is 0 Å². The summed E-state index contributed by atoms with van der Waals surface area (Å²) in [5.41, 5.74) is -0.209. The highest BCUT2D eigenvalue weighted by molar-refractivity contribution is 6.13. The molecule has 16 heavy (non-hydrogen) atoms. The van der Waals surface area contributed by atoms with Crippen LogP contribution >= 0.6 is 0 Å².